The first-order valence-corrected chi connectivity index (χ1v) is 8.39. The second kappa shape index (κ2) is 5.74. The summed E-state index contributed by atoms with van der Waals surface area (Å²) in [5.74, 6) is 2.59. The lowest BCUT2D eigenvalue weighted by Crippen LogP contribution is -2.31. The average Bonchev–Trinajstić information content (AvgIpc) is 3.00. The molecule has 3 rings (SSSR count). The van der Waals surface area contributed by atoms with E-state index in [1.807, 2.05) is 11.3 Å². The van der Waals surface area contributed by atoms with E-state index in [1.54, 1.807) is 0 Å². The molecular formula is C13H19NOS2. The highest BCUT2D eigenvalue weighted by molar-refractivity contribution is 7.99. The zero-order chi connectivity index (χ0) is 11.5. The summed E-state index contributed by atoms with van der Waals surface area (Å²) in [6, 6.07) is 4.57. The number of ether oxygens (including phenoxy) is 1. The zero-order valence-corrected chi connectivity index (χ0v) is 11.7. The Kier molecular flexibility index (Phi) is 4.06. The van der Waals surface area contributed by atoms with Crippen LogP contribution >= 0.6 is 23.1 Å². The lowest BCUT2D eigenvalue weighted by atomic mass is 10.2. The maximum Gasteiger partial charge on any atom is 0.0917 e. The van der Waals surface area contributed by atoms with Gasteiger partial charge >= 0.3 is 0 Å². The smallest absolute Gasteiger partial charge is 0.0917 e. The van der Waals surface area contributed by atoms with Crippen molar-refractivity contribution in [2.45, 2.75) is 25.5 Å². The Labute approximate surface area is 111 Å². The van der Waals surface area contributed by atoms with Gasteiger partial charge in [-0.1, -0.05) is 0 Å². The maximum atomic E-state index is 5.74. The molecule has 2 saturated heterocycles. The molecule has 2 aliphatic rings. The Morgan fingerprint density at radius 1 is 1.29 bits per heavy atom. The van der Waals surface area contributed by atoms with Crippen molar-refractivity contribution < 1.29 is 4.74 Å². The minimum Gasteiger partial charge on any atom is -0.373 e. The summed E-state index contributed by atoms with van der Waals surface area (Å²) in [6.45, 7) is 4.58. The molecule has 1 aromatic heterocycles. The lowest BCUT2D eigenvalue weighted by molar-refractivity contribution is 0.114. The van der Waals surface area contributed by atoms with Crippen molar-refractivity contribution in [2.75, 3.05) is 31.2 Å². The molecule has 1 atom stereocenters. The van der Waals surface area contributed by atoms with Gasteiger partial charge in [0.1, 0.15) is 0 Å². The molecule has 0 radical (unpaired) electrons. The van der Waals surface area contributed by atoms with Gasteiger partial charge in [-0.15, -0.1) is 11.3 Å². The number of hydrogen-bond donors (Lipinski definition) is 0. The van der Waals surface area contributed by atoms with Crippen LogP contribution in [0.5, 0.6) is 0 Å². The van der Waals surface area contributed by atoms with Crippen LogP contribution in [0.3, 0.4) is 0 Å². The minimum absolute atomic E-state index is 0.394. The summed E-state index contributed by atoms with van der Waals surface area (Å²) in [7, 11) is 0. The van der Waals surface area contributed by atoms with Gasteiger partial charge in [-0.3, -0.25) is 4.90 Å². The van der Waals surface area contributed by atoms with Crippen molar-refractivity contribution >= 4 is 23.1 Å². The Bertz CT molecular complexity index is 354. The summed E-state index contributed by atoms with van der Waals surface area (Å²) < 4.78 is 5.74. The van der Waals surface area contributed by atoms with Gasteiger partial charge < -0.3 is 4.74 Å². The topological polar surface area (TPSA) is 12.5 Å². The van der Waals surface area contributed by atoms with Crippen molar-refractivity contribution in [1.82, 2.24) is 4.90 Å². The standard InChI is InChI=1S/C13H19NOS2/c1-2-12(15-7-1)13-4-3-11(17-13)10-14-5-8-16-9-6-14/h3-4,12H,1-2,5-10H2. The molecule has 3 heterocycles. The number of rotatable bonds is 3. The van der Waals surface area contributed by atoms with E-state index in [0.29, 0.717) is 6.10 Å². The summed E-state index contributed by atoms with van der Waals surface area (Å²) in [6.07, 6.45) is 2.83. The van der Waals surface area contributed by atoms with Crippen molar-refractivity contribution in [1.29, 1.82) is 0 Å². The van der Waals surface area contributed by atoms with Gasteiger partial charge in [0, 0.05) is 47.5 Å². The third-order valence-corrected chi connectivity index (χ3v) is 5.52. The molecule has 94 valence electrons. The SMILES string of the molecule is c1cc(C2CCCO2)sc1CN1CCSCC1. The van der Waals surface area contributed by atoms with Gasteiger partial charge in [-0.2, -0.15) is 11.8 Å². The van der Waals surface area contributed by atoms with Crippen LogP contribution in [-0.4, -0.2) is 36.1 Å². The fourth-order valence-electron chi connectivity index (χ4n) is 2.43. The number of nitrogens with zero attached hydrogens (tertiary/aromatic N) is 1. The highest BCUT2D eigenvalue weighted by Crippen LogP contribution is 2.33. The first-order valence-electron chi connectivity index (χ1n) is 6.42. The normalized spacial score (nSPS) is 26.5. The molecule has 4 heteroatoms. The molecule has 0 saturated carbocycles. The third-order valence-electron chi connectivity index (χ3n) is 3.41. The molecule has 0 spiro atoms. The van der Waals surface area contributed by atoms with Crippen LogP contribution in [0.2, 0.25) is 0 Å². The van der Waals surface area contributed by atoms with Crippen molar-refractivity contribution in [3.8, 4) is 0 Å². The molecule has 2 nitrogen and oxygen atoms in total. The number of thioether (sulfide) groups is 1. The van der Waals surface area contributed by atoms with Crippen molar-refractivity contribution in [3.05, 3.63) is 21.9 Å². The molecule has 0 amide bonds. The van der Waals surface area contributed by atoms with Crippen LogP contribution in [0.4, 0.5) is 0 Å². The van der Waals surface area contributed by atoms with Gasteiger partial charge in [0.05, 0.1) is 6.10 Å². The van der Waals surface area contributed by atoms with E-state index in [2.05, 4.69) is 28.8 Å². The molecule has 17 heavy (non-hydrogen) atoms. The fraction of sp³-hybridized carbons (Fsp3) is 0.692. The predicted octanol–water partition coefficient (Wildman–Crippen LogP) is 3.15. The second-order valence-electron chi connectivity index (χ2n) is 4.69. The second-order valence-corrected chi connectivity index (χ2v) is 7.12. The summed E-state index contributed by atoms with van der Waals surface area (Å²) in [4.78, 5) is 5.51. The molecule has 1 unspecified atom stereocenters. The Morgan fingerprint density at radius 2 is 2.18 bits per heavy atom. The highest BCUT2D eigenvalue weighted by Gasteiger charge is 2.20. The van der Waals surface area contributed by atoms with Crippen LogP contribution in [0.25, 0.3) is 0 Å². The molecule has 1 aromatic rings. The van der Waals surface area contributed by atoms with Gasteiger partial charge in [0.2, 0.25) is 0 Å². The van der Waals surface area contributed by atoms with E-state index < -0.39 is 0 Å². The fourth-order valence-corrected chi connectivity index (χ4v) is 4.55. The molecule has 0 bridgehead atoms. The summed E-state index contributed by atoms with van der Waals surface area (Å²) in [5, 5.41) is 0. The molecular weight excluding hydrogens is 250 g/mol. The van der Waals surface area contributed by atoms with E-state index in [-0.39, 0.29) is 0 Å². The summed E-state index contributed by atoms with van der Waals surface area (Å²) >= 11 is 4.03. The van der Waals surface area contributed by atoms with Crippen LogP contribution in [0, 0.1) is 0 Å². The quantitative estimate of drug-likeness (QED) is 0.836. The maximum absolute atomic E-state index is 5.74. The van der Waals surface area contributed by atoms with Gasteiger partial charge in [-0.25, -0.2) is 0 Å². The van der Waals surface area contributed by atoms with Gasteiger partial charge in [-0.05, 0) is 25.0 Å². The number of hydrogen-bond acceptors (Lipinski definition) is 4. The molecule has 0 N–H and O–H groups in total. The van der Waals surface area contributed by atoms with Crippen LogP contribution in [-0.2, 0) is 11.3 Å². The predicted molar refractivity (Wildman–Crippen MR) is 74.8 cm³/mol. The Hall–Kier alpha value is -0.0300. The largest absolute Gasteiger partial charge is 0.373 e. The third kappa shape index (κ3) is 3.05. The highest BCUT2D eigenvalue weighted by atomic mass is 32.2. The van der Waals surface area contributed by atoms with Crippen LogP contribution in [0.15, 0.2) is 12.1 Å². The van der Waals surface area contributed by atoms with Crippen LogP contribution in [0.1, 0.15) is 28.7 Å². The molecule has 0 aliphatic carbocycles. The molecule has 2 aliphatic heterocycles. The van der Waals surface area contributed by atoms with E-state index in [9.17, 15) is 0 Å². The zero-order valence-electron chi connectivity index (χ0n) is 10.1. The van der Waals surface area contributed by atoms with Crippen molar-refractivity contribution in [2.24, 2.45) is 0 Å². The monoisotopic (exact) mass is 269 g/mol. The van der Waals surface area contributed by atoms with Crippen LogP contribution < -0.4 is 0 Å². The Balaban J connectivity index is 1.59. The minimum atomic E-state index is 0.394. The van der Waals surface area contributed by atoms with Crippen molar-refractivity contribution in [3.63, 3.8) is 0 Å². The number of thiophene rings is 1. The van der Waals surface area contributed by atoms with E-state index in [4.69, 9.17) is 4.74 Å². The van der Waals surface area contributed by atoms with Gasteiger partial charge in [0.25, 0.3) is 0 Å². The molecule has 0 aromatic carbocycles. The molecule has 2 fully saturated rings. The van der Waals surface area contributed by atoms with Gasteiger partial charge in [0.15, 0.2) is 0 Å². The van der Waals surface area contributed by atoms with E-state index in [0.717, 1.165) is 13.2 Å². The summed E-state index contributed by atoms with van der Waals surface area (Å²) in [5.41, 5.74) is 0. The van der Waals surface area contributed by atoms with E-state index >= 15 is 0 Å². The lowest BCUT2D eigenvalue weighted by Gasteiger charge is -2.25. The van der Waals surface area contributed by atoms with E-state index in [1.165, 1.54) is 47.2 Å². The first kappa shape index (κ1) is 12.0. The average molecular weight is 269 g/mol. The first-order chi connectivity index (χ1) is 8.42. The Morgan fingerprint density at radius 3 is 2.94 bits per heavy atom.